The van der Waals surface area contributed by atoms with Gasteiger partial charge in [-0.15, -0.1) is 0 Å². The fraction of sp³-hybridized carbons (Fsp3) is 0.143. The molecular weight excluding hydrogens is 277 g/mol. The molecule has 0 aliphatic carbocycles. The number of nitrogens with one attached hydrogen (secondary N) is 1. The van der Waals surface area contributed by atoms with Crippen LogP contribution in [-0.2, 0) is 6.54 Å². The predicted octanol–water partition coefficient (Wildman–Crippen LogP) is 2.37. The third-order valence-electron chi connectivity index (χ3n) is 2.78. The van der Waals surface area contributed by atoms with Crippen molar-refractivity contribution >= 4 is 11.6 Å². The Kier molecular flexibility index (Phi) is 4.22. The van der Waals surface area contributed by atoms with Gasteiger partial charge in [-0.1, -0.05) is 6.07 Å². The summed E-state index contributed by atoms with van der Waals surface area (Å²) in [6.07, 6.45) is 0. The number of aromatic nitrogens is 1. The van der Waals surface area contributed by atoms with Crippen molar-refractivity contribution in [2.24, 2.45) is 0 Å². The van der Waals surface area contributed by atoms with E-state index in [9.17, 15) is 19.3 Å². The summed E-state index contributed by atoms with van der Waals surface area (Å²) >= 11 is 0. The highest BCUT2D eigenvalue weighted by molar-refractivity contribution is 5.94. The lowest BCUT2D eigenvalue weighted by Crippen LogP contribution is -2.23. The maximum Gasteiger partial charge on any atom is 0.305 e. The molecule has 0 saturated heterocycles. The van der Waals surface area contributed by atoms with E-state index in [1.807, 2.05) is 19.1 Å². The Morgan fingerprint density at radius 1 is 1.38 bits per heavy atom. The van der Waals surface area contributed by atoms with Crippen molar-refractivity contribution < 1.29 is 14.1 Å². The highest BCUT2D eigenvalue weighted by Gasteiger charge is 2.17. The maximum absolute atomic E-state index is 13.2. The van der Waals surface area contributed by atoms with Crippen LogP contribution in [0.5, 0.6) is 0 Å². The average Bonchev–Trinajstić information content (AvgIpc) is 2.45. The molecule has 1 N–H and O–H groups in total. The number of hydrogen-bond acceptors (Lipinski definition) is 4. The second kappa shape index (κ2) is 6.08. The molecule has 0 aliphatic heterocycles. The van der Waals surface area contributed by atoms with Crippen molar-refractivity contribution in [3.63, 3.8) is 0 Å². The van der Waals surface area contributed by atoms with Crippen molar-refractivity contribution in [1.82, 2.24) is 10.3 Å². The van der Waals surface area contributed by atoms with E-state index in [-0.39, 0.29) is 12.1 Å². The molecule has 0 saturated carbocycles. The summed E-state index contributed by atoms with van der Waals surface area (Å²) in [7, 11) is 0. The topological polar surface area (TPSA) is 85.1 Å². The number of nitro groups is 1. The Morgan fingerprint density at radius 3 is 2.81 bits per heavy atom. The molecule has 108 valence electrons. The molecule has 0 bridgehead atoms. The van der Waals surface area contributed by atoms with Gasteiger partial charge in [0.1, 0.15) is 0 Å². The Morgan fingerprint density at radius 2 is 2.14 bits per heavy atom. The van der Waals surface area contributed by atoms with E-state index in [0.29, 0.717) is 5.69 Å². The molecule has 0 fully saturated rings. The van der Waals surface area contributed by atoms with Gasteiger partial charge in [-0.3, -0.25) is 19.9 Å². The molecular formula is C14H12FN3O3. The Balaban J connectivity index is 2.10. The Bertz CT molecular complexity index is 704. The Hall–Kier alpha value is -2.83. The molecule has 1 heterocycles. The molecule has 1 amide bonds. The van der Waals surface area contributed by atoms with Gasteiger partial charge in [-0.2, -0.15) is 4.39 Å². The number of amides is 1. The van der Waals surface area contributed by atoms with Gasteiger partial charge in [0.2, 0.25) is 5.82 Å². The third-order valence-corrected chi connectivity index (χ3v) is 2.78. The quantitative estimate of drug-likeness (QED) is 0.691. The molecule has 1 aromatic heterocycles. The molecule has 2 rings (SSSR count). The molecule has 0 unspecified atom stereocenters. The molecule has 0 atom stereocenters. The average molecular weight is 289 g/mol. The minimum Gasteiger partial charge on any atom is -0.346 e. The molecule has 1 aromatic carbocycles. The van der Waals surface area contributed by atoms with Gasteiger partial charge in [0.25, 0.3) is 5.91 Å². The number of nitrogens with zero attached hydrogens (tertiary/aromatic N) is 2. The van der Waals surface area contributed by atoms with Gasteiger partial charge in [0, 0.05) is 17.3 Å². The number of aryl methyl sites for hydroxylation is 1. The van der Waals surface area contributed by atoms with Crippen molar-refractivity contribution in [3.05, 3.63) is 69.3 Å². The van der Waals surface area contributed by atoms with Crippen LogP contribution in [0.3, 0.4) is 0 Å². The van der Waals surface area contributed by atoms with E-state index in [0.717, 1.165) is 17.8 Å². The normalized spacial score (nSPS) is 10.2. The summed E-state index contributed by atoms with van der Waals surface area (Å²) in [4.78, 5) is 25.9. The highest BCUT2D eigenvalue weighted by Crippen LogP contribution is 2.18. The van der Waals surface area contributed by atoms with Crippen LogP contribution in [0.1, 0.15) is 21.7 Å². The van der Waals surface area contributed by atoms with Gasteiger partial charge >= 0.3 is 5.69 Å². The minimum atomic E-state index is -0.975. The number of carbonyl (C=O) groups is 1. The minimum absolute atomic E-state index is 0.0238. The molecule has 21 heavy (non-hydrogen) atoms. The summed E-state index contributed by atoms with van der Waals surface area (Å²) in [6, 6.07) is 8.40. The van der Waals surface area contributed by atoms with E-state index in [1.54, 1.807) is 6.07 Å². The lowest BCUT2D eigenvalue weighted by molar-refractivity contribution is -0.387. The van der Waals surface area contributed by atoms with Crippen LogP contribution in [0.15, 0.2) is 36.4 Å². The number of nitro benzene ring substituents is 1. The summed E-state index contributed by atoms with van der Waals surface area (Å²) in [5.74, 6) is -1.50. The fourth-order valence-electron chi connectivity index (χ4n) is 1.76. The first-order chi connectivity index (χ1) is 9.97. The van der Waals surface area contributed by atoms with Gasteiger partial charge in [0.15, 0.2) is 0 Å². The molecule has 7 heteroatoms. The zero-order chi connectivity index (χ0) is 15.4. The zero-order valence-electron chi connectivity index (χ0n) is 11.2. The summed E-state index contributed by atoms with van der Waals surface area (Å²) in [5, 5.41) is 13.2. The van der Waals surface area contributed by atoms with Crippen molar-refractivity contribution in [2.45, 2.75) is 13.5 Å². The van der Waals surface area contributed by atoms with Crippen molar-refractivity contribution in [2.75, 3.05) is 0 Å². The van der Waals surface area contributed by atoms with E-state index >= 15 is 0 Å². The van der Waals surface area contributed by atoms with E-state index < -0.39 is 22.3 Å². The SMILES string of the molecule is Cc1cccc(CNC(=O)c2ccc(F)c([N+](=O)[O-])c2)n1. The van der Waals surface area contributed by atoms with Gasteiger partial charge in [0.05, 0.1) is 17.2 Å². The van der Waals surface area contributed by atoms with Crippen LogP contribution in [0.4, 0.5) is 10.1 Å². The highest BCUT2D eigenvalue weighted by atomic mass is 19.1. The second-order valence-corrected chi connectivity index (χ2v) is 4.38. The first-order valence-corrected chi connectivity index (χ1v) is 6.12. The number of pyridine rings is 1. The summed E-state index contributed by atoms with van der Waals surface area (Å²) in [5.41, 5.74) is 0.784. The van der Waals surface area contributed by atoms with Crippen LogP contribution < -0.4 is 5.32 Å². The van der Waals surface area contributed by atoms with E-state index in [4.69, 9.17) is 0 Å². The Labute approximate surface area is 119 Å². The molecule has 6 nitrogen and oxygen atoms in total. The standard InChI is InChI=1S/C14H12FN3O3/c1-9-3-2-4-11(17-9)8-16-14(19)10-5-6-12(15)13(7-10)18(20)21/h2-7H,8H2,1H3,(H,16,19). The third kappa shape index (κ3) is 3.59. The smallest absolute Gasteiger partial charge is 0.305 e. The van der Waals surface area contributed by atoms with E-state index in [1.165, 1.54) is 6.07 Å². The molecule has 0 aliphatic rings. The molecule has 0 radical (unpaired) electrons. The van der Waals surface area contributed by atoms with Crippen LogP contribution >= 0.6 is 0 Å². The first-order valence-electron chi connectivity index (χ1n) is 6.12. The van der Waals surface area contributed by atoms with Crippen LogP contribution in [0.2, 0.25) is 0 Å². The first kappa shape index (κ1) is 14.6. The van der Waals surface area contributed by atoms with E-state index in [2.05, 4.69) is 10.3 Å². The van der Waals surface area contributed by atoms with Gasteiger partial charge in [-0.05, 0) is 31.2 Å². The zero-order valence-corrected chi connectivity index (χ0v) is 11.2. The predicted molar refractivity (Wildman–Crippen MR) is 73.2 cm³/mol. The number of benzene rings is 1. The van der Waals surface area contributed by atoms with Gasteiger partial charge in [-0.25, -0.2) is 0 Å². The lowest BCUT2D eigenvalue weighted by Gasteiger charge is -2.05. The lowest BCUT2D eigenvalue weighted by atomic mass is 10.2. The van der Waals surface area contributed by atoms with Crippen LogP contribution in [0.25, 0.3) is 0 Å². The van der Waals surface area contributed by atoms with Crippen LogP contribution in [0, 0.1) is 22.9 Å². The van der Waals surface area contributed by atoms with Gasteiger partial charge < -0.3 is 5.32 Å². The van der Waals surface area contributed by atoms with Crippen molar-refractivity contribution in [3.8, 4) is 0 Å². The summed E-state index contributed by atoms with van der Waals surface area (Å²) in [6.45, 7) is 2.01. The molecule has 0 spiro atoms. The largest absolute Gasteiger partial charge is 0.346 e. The maximum atomic E-state index is 13.2. The number of rotatable bonds is 4. The summed E-state index contributed by atoms with van der Waals surface area (Å²) < 4.78 is 13.2. The monoisotopic (exact) mass is 289 g/mol. The number of hydrogen-bond donors (Lipinski definition) is 1. The van der Waals surface area contributed by atoms with Crippen molar-refractivity contribution in [1.29, 1.82) is 0 Å². The van der Waals surface area contributed by atoms with Crippen LogP contribution in [-0.4, -0.2) is 15.8 Å². The number of halogens is 1. The fourth-order valence-corrected chi connectivity index (χ4v) is 1.76. The number of carbonyl (C=O) groups excluding carboxylic acids is 1. The molecule has 2 aromatic rings. The second-order valence-electron chi connectivity index (χ2n) is 4.38.